The van der Waals surface area contributed by atoms with E-state index >= 15 is 0 Å². The van der Waals surface area contributed by atoms with Crippen LogP contribution < -0.4 is 9.47 Å². The Morgan fingerprint density at radius 2 is 1.30 bits per heavy atom. The molecule has 0 atom stereocenters. The first-order valence-corrected chi connectivity index (χ1v) is 5.28. The predicted octanol–water partition coefficient (Wildman–Crippen LogP) is 0.576. The number of terminal acetylenes is 2. The molecule has 0 spiro atoms. The van der Waals surface area contributed by atoms with Gasteiger partial charge >= 0.3 is 11.9 Å². The summed E-state index contributed by atoms with van der Waals surface area (Å²) in [5.74, 6) is 2.47. The lowest BCUT2D eigenvalue weighted by Crippen LogP contribution is -2.12. The number of carbonyl (C=O) groups is 2. The van der Waals surface area contributed by atoms with Crippen molar-refractivity contribution in [2.45, 2.75) is 0 Å². The van der Waals surface area contributed by atoms with E-state index in [9.17, 15) is 9.59 Å². The number of carboxylic acids is 2. The van der Waals surface area contributed by atoms with Crippen molar-refractivity contribution in [1.29, 1.82) is 0 Å². The standard InChI is InChI=1S/C14H10O6/c1-3-9-5-12(20-8-14(17)18)10(4-2)6-11(9)19-7-13(15)16/h1-2,5-6H,7-8H2,(H,15,16)(H,17,18). The maximum atomic E-state index is 10.5. The molecular formula is C14H10O6. The Hall–Kier alpha value is -3.12. The van der Waals surface area contributed by atoms with Crippen molar-refractivity contribution >= 4 is 11.9 Å². The number of hydrogen-bond acceptors (Lipinski definition) is 4. The third-order valence-corrected chi connectivity index (χ3v) is 2.10. The Morgan fingerprint density at radius 3 is 1.55 bits per heavy atom. The van der Waals surface area contributed by atoms with E-state index in [0.717, 1.165) is 0 Å². The first kappa shape index (κ1) is 14.9. The van der Waals surface area contributed by atoms with Crippen molar-refractivity contribution in [1.82, 2.24) is 0 Å². The SMILES string of the molecule is C#Cc1cc(OCC(=O)O)c(C#C)cc1OCC(=O)O. The highest BCUT2D eigenvalue weighted by molar-refractivity contribution is 5.70. The Labute approximate surface area is 114 Å². The molecule has 0 aliphatic rings. The zero-order chi connectivity index (χ0) is 15.1. The molecule has 1 aromatic carbocycles. The van der Waals surface area contributed by atoms with Gasteiger partial charge in [-0.05, 0) is 0 Å². The van der Waals surface area contributed by atoms with Crippen LogP contribution in [0.1, 0.15) is 11.1 Å². The summed E-state index contributed by atoms with van der Waals surface area (Å²) in [7, 11) is 0. The van der Waals surface area contributed by atoms with Crippen LogP contribution in [0.5, 0.6) is 11.5 Å². The van der Waals surface area contributed by atoms with E-state index in [0.29, 0.717) is 0 Å². The van der Waals surface area contributed by atoms with Crippen LogP contribution in [0.4, 0.5) is 0 Å². The van der Waals surface area contributed by atoms with E-state index in [4.69, 9.17) is 32.5 Å². The average molecular weight is 274 g/mol. The van der Waals surface area contributed by atoms with Gasteiger partial charge in [-0.2, -0.15) is 0 Å². The molecule has 0 aromatic heterocycles. The topological polar surface area (TPSA) is 93.1 Å². The highest BCUT2D eigenvalue weighted by Gasteiger charge is 2.12. The largest absolute Gasteiger partial charge is 0.481 e. The van der Waals surface area contributed by atoms with Gasteiger partial charge < -0.3 is 19.7 Å². The molecule has 0 aliphatic heterocycles. The average Bonchev–Trinajstić information content (AvgIpc) is 2.42. The molecule has 0 saturated carbocycles. The minimum Gasteiger partial charge on any atom is -0.481 e. The van der Waals surface area contributed by atoms with Gasteiger partial charge in [0, 0.05) is 12.1 Å². The minimum absolute atomic E-state index is 0.116. The van der Waals surface area contributed by atoms with E-state index in [2.05, 4.69) is 11.8 Å². The van der Waals surface area contributed by atoms with Crippen LogP contribution in [-0.2, 0) is 9.59 Å². The van der Waals surface area contributed by atoms with Crippen LogP contribution in [0.3, 0.4) is 0 Å². The molecule has 2 N–H and O–H groups in total. The second kappa shape index (κ2) is 6.72. The van der Waals surface area contributed by atoms with Crippen LogP contribution in [0.15, 0.2) is 12.1 Å². The van der Waals surface area contributed by atoms with Crippen molar-refractivity contribution < 1.29 is 29.3 Å². The first-order chi connectivity index (χ1) is 9.47. The highest BCUT2D eigenvalue weighted by Crippen LogP contribution is 2.28. The molecule has 0 aliphatic carbocycles. The smallest absolute Gasteiger partial charge is 0.341 e. The van der Waals surface area contributed by atoms with Gasteiger partial charge in [-0.15, -0.1) is 12.8 Å². The van der Waals surface area contributed by atoms with Crippen molar-refractivity contribution in [2.75, 3.05) is 13.2 Å². The van der Waals surface area contributed by atoms with Crippen LogP contribution in [-0.4, -0.2) is 35.4 Å². The third-order valence-electron chi connectivity index (χ3n) is 2.10. The molecule has 6 heteroatoms. The molecule has 0 unspecified atom stereocenters. The molecule has 0 heterocycles. The van der Waals surface area contributed by atoms with Gasteiger partial charge in [0.15, 0.2) is 13.2 Å². The molecule has 0 amide bonds. The number of carboxylic acid groups (broad SMARTS) is 2. The molecule has 20 heavy (non-hydrogen) atoms. The van der Waals surface area contributed by atoms with Crippen molar-refractivity contribution in [3.8, 4) is 36.2 Å². The number of ether oxygens (including phenoxy) is 2. The summed E-state index contributed by atoms with van der Waals surface area (Å²) in [6.45, 7) is -1.15. The molecule has 1 rings (SSSR count). The van der Waals surface area contributed by atoms with Gasteiger partial charge in [0.05, 0.1) is 11.1 Å². The molecule has 102 valence electrons. The number of hydrogen-bond donors (Lipinski definition) is 2. The van der Waals surface area contributed by atoms with Gasteiger partial charge in [0.25, 0.3) is 0 Å². The number of aliphatic carboxylic acids is 2. The van der Waals surface area contributed by atoms with Crippen LogP contribution in [0.2, 0.25) is 0 Å². The molecular weight excluding hydrogens is 264 g/mol. The van der Waals surface area contributed by atoms with E-state index in [-0.39, 0.29) is 22.6 Å². The Morgan fingerprint density at radius 1 is 0.950 bits per heavy atom. The van der Waals surface area contributed by atoms with Crippen LogP contribution in [0.25, 0.3) is 0 Å². The summed E-state index contributed by atoms with van der Waals surface area (Å²) >= 11 is 0. The monoisotopic (exact) mass is 274 g/mol. The van der Waals surface area contributed by atoms with Crippen molar-refractivity contribution in [3.05, 3.63) is 23.3 Å². The normalized spacial score (nSPS) is 9.10. The second-order valence-corrected chi connectivity index (χ2v) is 3.50. The van der Waals surface area contributed by atoms with Crippen molar-refractivity contribution in [2.24, 2.45) is 0 Å². The minimum atomic E-state index is -1.17. The maximum Gasteiger partial charge on any atom is 0.341 e. The van der Waals surface area contributed by atoms with Gasteiger partial charge in [-0.25, -0.2) is 9.59 Å². The van der Waals surface area contributed by atoms with Gasteiger partial charge in [-0.3, -0.25) is 0 Å². The lowest BCUT2D eigenvalue weighted by molar-refractivity contribution is -0.140. The lowest BCUT2D eigenvalue weighted by Gasteiger charge is -2.11. The molecule has 6 nitrogen and oxygen atoms in total. The van der Waals surface area contributed by atoms with Gasteiger partial charge in [0.1, 0.15) is 11.5 Å². The Kier molecular flexibility index (Phi) is 5.02. The predicted molar refractivity (Wildman–Crippen MR) is 68.6 cm³/mol. The highest BCUT2D eigenvalue weighted by atomic mass is 16.5. The molecule has 0 radical (unpaired) electrons. The zero-order valence-electron chi connectivity index (χ0n) is 10.3. The van der Waals surface area contributed by atoms with E-state index < -0.39 is 25.2 Å². The lowest BCUT2D eigenvalue weighted by atomic mass is 10.1. The van der Waals surface area contributed by atoms with E-state index in [1.807, 2.05) is 0 Å². The second-order valence-electron chi connectivity index (χ2n) is 3.50. The third kappa shape index (κ3) is 3.97. The summed E-state index contributed by atoms with van der Waals surface area (Å²) < 4.78 is 10.0. The summed E-state index contributed by atoms with van der Waals surface area (Å²) in [5, 5.41) is 17.1. The van der Waals surface area contributed by atoms with Crippen molar-refractivity contribution in [3.63, 3.8) is 0 Å². The summed E-state index contributed by atoms with van der Waals surface area (Å²) in [5.41, 5.74) is 0.427. The Bertz CT molecular complexity index is 562. The van der Waals surface area contributed by atoms with Gasteiger partial charge in [-0.1, -0.05) is 11.8 Å². The van der Waals surface area contributed by atoms with Crippen LogP contribution >= 0.6 is 0 Å². The fraction of sp³-hybridized carbons (Fsp3) is 0.143. The molecule has 0 bridgehead atoms. The molecule has 0 fully saturated rings. The fourth-order valence-corrected chi connectivity index (χ4v) is 1.30. The first-order valence-electron chi connectivity index (χ1n) is 5.28. The summed E-state index contributed by atoms with van der Waals surface area (Å²) in [6, 6.07) is 2.66. The summed E-state index contributed by atoms with van der Waals surface area (Å²) in [4.78, 5) is 20.9. The number of benzene rings is 1. The quantitative estimate of drug-likeness (QED) is 0.737. The van der Waals surface area contributed by atoms with E-state index in [1.165, 1.54) is 12.1 Å². The molecule has 1 aromatic rings. The fourth-order valence-electron chi connectivity index (χ4n) is 1.30. The Balaban J connectivity index is 3.11. The number of rotatable bonds is 6. The van der Waals surface area contributed by atoms with Crippen LogP contribution in [0, 0.1) is 24.7 Å². The van der Waals surface area contributed by atoms with Gasteiger partial charge in [0.2, 0.25) is 0 Å². The maximum absolute atomic E-state index is 10.5. The molecule has 0 saturated heterocycles. The van der Waals surface area contributed by atoms with E-state index in [1.54, 1.807) is 0 Å². The zero-order valence-corrected chi connectivity index (χ0v) is 10.3. The summed E-state index contributed by atoms with van der Waals surface area (Å²) in [6.07, 6.45) is 10.5.